The van der Waals surface area contributed by atoms with Crippen LogP contribution in [0.3, 0.4) is 0 Å². The van der Waals surface area contributed by atoms with E-state index in [4.69, 9.17) is 4.74 Å². The van der Waals surface area contributed by atoms with E-state index in [0.29, 0.717) is 0 Å². The van der Waals surface area contributed by atoms with Crippen LogP contribution in [0.1, 0.15) is 24.2 Å². The molecule has 0 aliphatic heterocycles. The van der Waals surface area contributed by atoms with Gasteiger partial charge in [0.1, 0.15) is 0 Å². The fourth-order valence-corrected chi connectivity index (χ4v) is 2.28. The Kier molecular flexibility index (Phi) is 9.49. The first kappa shape index (κ1) is 20.9. The molecular weight excluding hydrogens is 352 g/mol. The van der Waals surface area contributed by atoms with Crippen LogP contribution in [-0.4, -0.2) is 7.11 Å². The van der Waals surface area contributed by atoms with E-state index in [-0.39, 0.29) is 28.9 Å². The van der Waals surface area contributed by atoms with Crippen LogP contribution in [-0.2, 0) is 21.8 Å². The van der Waals surface area contributed by atoms with E-state index in [2.05, 4.69) is 36.4 Å². The summed E-state index contributed by atoms with van der Waals surface area (Å²) >= 11 is 0. The van der Waals surface area contributed by atoms with Crippen molar-refractivity contribution in [3.63, 3.8) is 0 Å². The van der Waals surface area contributed by atoms with E-state index in [0.717, 1.165) is 5.57 Å². The van der Waals surface area contributed by atoms with Crippen LogP contribution in [0, 0.1) is 0 Å². The van der Waals surface area contributed by atoms with Gasteiger partial charge in [-0.15, -0.1) is 11.3 Å². The number of hydrogen-bond donors (Lipinski definition) is 0. The predicted octanol–water partition coefficient (Wildman–Crippen LogP) is 4.55. The maximum Gasteiger partial charge on any atom is 2.00 e. The number of allylic oxidation sites excluding steroid dienone is 6. The second kappa shape index (κ2) is 11.4. The van der Waals surface area contributed by atoms with Gasteiger partial charge >= 0.3 is 17.1 Å². The van der Waals surface area contributed by atoms with Crippen molar-refractivity contribution in [3.05, 3.63) is 107 Å². The minimum atomic E-state index is 0. The topological polar surface area (TPSA) is 32.3 Å². The van der Waals surface area contributed by atoms with Gasteiger partial charge in [-0.25, -0.2) is 12.1 Å². The Hall–Kier alpha value is -2.19. The molecule has 0 saturated heterocycles. The van der Waals surface area contributed by atoms with Gasteiger partial charge in [0.15, 0.2) is 0 Å². The predicted molar refractivity (Wildman–Crippen MR) is 98.2 cm³/mol. The Balaban J connectivity index is 0.000000295. The maximum atomic E-state index is 10.5. The van der Waals surface area contributed by atoms with Crippen LogP contribution in [0.2, 0.25) is 0 Å². The molecule has 25 heavy (non-hydrogen) atoms. The van der Waals surface area contributed by atoms with E-state index in [1.807, 2.05) is 54.6 Å². The van der Waals surface area contributed by atoms with Crippen LogP contribution < -0.4 is 5.11 Å². The van der Waals surface area contributed by atoms with E-state index >= 15 is 0 Å². The summed E-state index contributed by atoms with van der Waals surface area (Å²) < 4.78 is 5.43. The molecule has 0 bridgehead atoms. The fourth-order valence-electron chi connectivity index (χ4n) is 2.28. The van der Waals surface area contributed by atoms with Crippen molar-refractivity contribution in [2.75, 3.05) is 7.11 Å². The Bertz CT molecular complexity index is 705. The van der Waals surface area contributed by atoms with Crippen LogP contribution in [0.15, 0.2) is 96.3 Å². The summed E-state index contributed by atoms with van der Waals surface area (Å²) in [6, 6.07) is 18.4. The molecule has 1 aliphatic rings. The zero-order valence-corrected chi connectivity index (χ0v) is 15.5. The van der Waals surface area contributed by atoms with Crippen molar-refractivity contribution in [1.82, 2.24) is 0 Å². The van der Waals surface area contributed by atoms with Crippen molar-refractivity contribution in [2.45, 2.75) is 13.0 Å². The molecule has 3 heteroatoms. The number of methoxy groups -OCH3 is 1. The summed E-state index contributed by atoms with van der Waals surface area (Å²) in [6.45, 7) is 1.56. The third kappa shape index (κ3) is 7.06. The smallest absolute Gasteiger partial charge is 0.875 e. The molecule has 0 heterocycles. The van der Waals surface area contributed by atoms with Gasteiger partial charge in [0, 0.05) is 7.11 Å². The molecule has 0 saturated carbocycles. The Labute approximate surface area is 160 Å². The van der Waals surface area contributed by atoms with Crippen molar-refractivity contribution in [1.29, 1.82) is 0 Å². The Morgan fingerprint density at radius 2 is 1.76 bits per heavy atom. The summed E-state index contributed by atoms with van der Waals surface area (Å²) in [5, 5.41) is 10.5. The first-order valence-corrected chi connectivity index (χ1v) is 7.91. The molecule has 2 aromatic rings. The van der Waals surface area contributed by atoms with Gasteiger partial charge in [-0.1, -0.05) is 73.7 Å². The Morgan fingerprint density at radius 1 is 1.08 bits per heavy atom. The van der Waals surface area contributed by atoms with E-state index in [1.165, 1.54) is 11.1 Å². The largest absolute Gasteiger partial charge is 2.00 e. The van der Waals surface area contributed by atoms with Crippen molar-refractivity contribution >= 4 is 6.08 Å². The molecule has 1 unspecified atom stereocenters. The molecule has 2 aromatic carbocycles. The van der Waals surface area contributed by atoms with Gasteiger partial charge in [-0.05, 0) is 11.1 Å². The molecule has 0 N–H and O–H groups in total. The molecule has 0 fully saturated rings. The zero-order valence-electron chi connectivity index (χ0n) is 14.4. The summed E-state index contributed by atoms with van der Waals surface area (Å²) in [4.78, 5) is 0. The van der Waals surface area contributed by atoms with Gasteiger partial charge in [0.05, 0.1) is 6.10 Å². The second-order valence-electron chi connectivity index (χ2n) is 5.37. The molecule has 0 amide bonds. The summed E-state index contributed by atoms with van der Waals surface area (Å²) in [5.74, 6) is 0.134. The van der Waals surface area contributed by atoms with Crippen LogP contribution in [0.5, 0.6) is 0 Å². The average molecular weight is 374 g/mol. The Morgan fingerprint density at radius 3 is 2.24 bits per heavy atom. The van der Waals surface area contributed by atoms with Crippen molar-refractivity contribution in [2.24, 2.45) is 0 Å². The zero-order chi connectivity index (χ0) is 17.2. The van der Waals surface area contributed by atoms with E-state index in [9.17, 15) is 5.11 Å². The number of hydrogen-bond acceptors (Lipinski definition) is 2. The van der Waals surface area contributed by atoms with Gasteiger partial charge in [-0.3, -0.25) is 0 Å². The maximum absolute atomic E-state index is 10.5. The van der Waals surface area contributed by atoms with Gasteiger partial charge in [0.25, 0.3) is 0 Å². The molecule has 2 nitrogen and oxygen atoms in total. The SMILES string of the molecule is CC([O-])=C1C=CC=C1.COC(C=Cc1ccccc1)c1ccc[cH-]1.[Fe+2]. The van der Waals surface area contributed by atoms with Crippen LogP contribution >= 0.6 is 0 Å². The van der Waals surface area contributed by atoms with Crippen molar-refractivity contribution < 1.29 is 26.9 Å². The number of rotatable bonds is 4. The molecule has 1 aliphatic carbocycles. The first-order chi connectivity index (χ1) is 11.7. The van der Waals surface area contributed by atoms with E-state index < -0.39 is 0 Å². The van der Waals surface area contributed by atoms with Gasteiger partial charge in [-0.2, -0.15) is 12.1 Å². The molecule has 3 rings (SSSR count). The molecule has 0 radical (unpaired) electrons. The van der Waals surface area contributed by atoms with Crippen molar-refractivity contribution in [3.8, 4) is 0 Å². The van der Waals surface area contributed by atoms with Gasteiger partial charge < -0.3 is 9.84 Å². The van der Waals surface area contributed by atoms with Crippen LogP contribution in [0.25, 0.3) is 6.08 Å². The standard InChI is InChI=1S/C15H15O.C7H8O.Fe/c1-16-15(14-9-5-6-10-14)12-11-13-7-3-2-4-8-13;1-6(8)7-4-2-3-5-7;/h2-12,15H,1H3;2-5,8H,1H3;/q-1;;+2/p-1. The molecule has 0 aromatic heterocycles. The van der Waals surface area contributed by atoms with Crippen LogP contribution in [0.4, 0.5) is 0 Å². The minimum absolute atomic E-state index is 0. The molecule has 0 spiro atoms. The first-order valence-electron chi connectivity index (χ1n) is 7.91. The summed E-state index contributed by atoms with van der Waals surface area (Å²) in [6.07, 6.45) is 11.5. The molecule has 130 valence electrons. The minimum Gasteiger partial charge on any atom is -0.875 e. The van der Waals surface area contributed by atoms with Gasteiger partial charge in [0.2, 0.25) is 0 Å². The molecule has 1 atom stereocenters. The molecular formula is C22H22FeO2. The van der Waals surface area contributed by atoms with E-state index in [1.54, 1.807) is 14.0 Å². The number of benzene rings is 1. The summed E-state index contributed by atoms with van der Waals surface area (Å²) in [5.41, 5.74) is 3.18. The third-order valence-electron chi connectivity index (χ3n) is 3.60. The summed E-state index contributed by atoms with van der Waals surface area (Å²) in [7, 11) is 1.73. The quantitative estimate of drug-likeness (QED) is 0.447. The fraction of sp³-hybridized carbons (Fsp3) is 0.136. The monoisotopic (exact) mass is 374 g/mol. The normalized spacial score (nSPS) is 13.3. The third-order valence-corrected chi connectivity index (χ3v) is 3.60. The second-order valence-corrected chi connectivity index (χ2v) is 5.37. The number of ether oxygens (including phenoxy) is 1. The average Bonchev–Trinajstić information content (AvgIpc) is 3.31.